The van der Waals surface area contributed by atoms with Crippen LogP contribution >= 0.6 is 0 Å². The Balaban J connectivity index is 1.95. The number of fused-ring (bicyclic) bond motifs is 1. The molecule has 1 aliphatic rings. The lowest BCUT2D eigenvalue weighted by Crippen LogP contribution is -2.31. The summed E-state index contributed by atoms with van der Waals surface area (Å²) in [5.74, 6) is 1.44. The molecule has 0 spiro atoms. The van der Waals surface area contributed by atoms with E-state index in [1.54, 1.807) is 9.42 Å². The number of hydrogen-bond donors (Lipinski definition) is 1. The predicted molar refractivity (Wildman–Crippen MR) is 69.8 cm³/mol. The molecule has 0 aromatic carbocycles. The molecule has 2 aromatic heterocycles. The minimum absolute atomic E-state index is 0.114. The van der Waals surface area contributed by atoms with Gasteiger partial charge < -0.3 is 10.2 Å². The van der Waals surface area contributed by atoms with E-state index < -0.39 is 0 Å². The van der Waals surface area contributed by atoms with Crippen molar-refractivity contribution in [3.8, 4) is 0 Å². The van der Waals surface area contributed by atoms with Crippen LogP contribution in [0, 0.1) is 0 Å². The number of aromatic nitrogens is 4. The molecular formula is C12H16N6O. The summed E-state index contributed by atoms with van der Waals surface area (Å²) in [6.45, 7) is 2.82. The Hall–Kier alpha value is -2.18. The van der Waals surface area contributed by atoms with E-state index in [0.717, 1.165) is 30.9 Å². The molecule has 19 heavy (non-hydrogen) atoms. The number of rotatable bonds is 3. The van der Waals surface area contributed by atoms with Crippen molar-refractivity contribution in [2.75, 3.05) is 18.9 Å². The molecule has 0 bridgehead atoms. The third kappa shape index (κ3) is 2.00. The van der Waals surface area contributed by atoms with Gasteiger partial charge in [-0.2, -0.15) is 14.6 Å². The molecule has 0 aliphatic carbocycles. The maximum absolute atomic E-state index is 11.9. The zero-order valence-electron chi connectivity index (χ0n) is 11.0. The van der Waals surface area contributed by atoms with E-state index >= 15 is 0 Å². The highest BCUT2D eigenvalue weighted by Gasteiger charge is 2.29. The zero-order valence-corrected chi connectivity index (χ0v) is 11.0. The van der Waals surface area contributed by atoms with Crippen molar-refractivity contribution < 1.29 is 4.79 Å². The molecule has 3 heterocycles. The molecule has 0 saturated carbocycles. The van der Waals surface area contributed by atoms with Crippen molar-refractivity contribution >= 4 is 17.5 Å². The summed E-state index contributed by atoms with van der Waals surface area (Å²) in [6, 6.07) is 1.73. The lowest BCUT2D eigenvalue weighted by atomic mass is 10.2. The summed E-state index contributed by atoms with van der Waals surface area (Å²) in [5.41, 5.74) is 0.932. The van der Waals surface area contributed by atoms with Gasteiger partial charge in [0, 0.05) is 25.4 Å². The Labute approximate surface area is 110 Å². The smallest absolute Gasteiger partial charge is 0.254 e. The Bertz CT molecular complexity index is 622. The molecule has 1 atom stereocenters. The molecule has 7 heteroatoms. The lowest BCUT2D eigenvalue weighted by molar-refractivity contribution is -0.127. The molecule has 1 saturated heterocycles. The van der Waals surface area contributed by atoms with Gasteiger partial charge in [0.25, 0.3) is 5.78 Å². The first-order valence-electron chi connectivity index (χ1n) is 6.40. The zero-order chi connectivity index (χ0) is 13.4. The third-order valence-corrected chi connectivity index (χ3v) is 3.42. The average molecular weight is 260 g/mol. The van der Waals surface area contributed by atoms with Crippen molar-refractivity contribution in [3.63, 3.8) is 0 Å². The number of likely N-dealkylation sites (tertiary alicyclic amines) is 1. The second-order valence-corrected chi connectivity index (χ2v) is 4.70. The van der Waals surface area contributed by atoms with Gasteiger partial charge in [-0.25, -0.2) is 4.98 Å². The number of hydrogen-bond acceptors (Lipinski definition) is 5. The average Bonchev–Trinajstić information content (AvgIpc) is 3.00. The standard InChI is InChI=1S/C12H16N6O/c1-3-8-6-10(18-12(15-8)13-7-14-18)16-9-4-5-17(2)11(9)19/h6-7,9,16H,3-5H2,1-2H3. The molecule has 100 valence electrons. The fourth-order valence-corrected chi connectivity index (χ4v) is 2.28. The molecule has 0 radical (unpaired) electrons. The van der Waals surface area contributed by atoms with Gasteiger partial charge in [-0.3, -0.25) is 4.79 Å². The van der Waals surface area contributed by atoms with Crippen LogP contribution in [-0.2, 0) is 11.2 Å². The molecule has 2 aromatic rings. The van der Waals surface area contributed by atoms with Gasteiger partial charge in [-0.15, -0.1) is 0 Å². The number of likely N-dealkylation sites (N-methyl/N-ethyl adjacent to an activating group) is 1. The minimum atomic E-state index is -0.190. The molecule has 1 amide bonds. The van der Waals surface area contributed by atoms with Crippen molar-refractivity contribution in [1.82, 2.24) is 24.5 Å². The van der Waals surface area contributed by atoms with Gasteiger partial charge in [-0.1, -0.05) is 6.92 Å². The van der Waals surface area contributed by atoms with Gasteiger partial charge in [0.2, 0.25) is 5.91 Å². The summed E-state index contributed by atoms with van der Waals surface area (Å²) in [5, 5.41) is 7.39. The molecular weight excluding hydrogens is 244 g/mol. The van der Waals surface area contributed by atoms with E-state index in [1.807, 2.05) is 20.0 Å². The van der Waals surface area contributed by atoms with Gasteiger partial charge in [0.05, 0.1) is 0 Å². The monoisotopic (exact) mass is 260 g/mol. The number of carbonyl (C=O) groups is 1. The SMILES string of the molecule is CCc1cc(NC2CCN(C)C2=O)n2ncnc2n1. The van der Waals surface area contributed by atoms with E-state index in [1.165, 1.54) is 6.33 Å². The number of aryl methyl sites for hydroxylation is 1. The highest BCUT2D eigenvalue weighted by atomic mass is 16.2. The lowest BCUT2D eigenvalue weighted by Gasteiger charge is -2.14. The quantitative estimate of drug-likeness (QED) is 0.860. The van der Waals surface area contributed by atoms with Crippen molar-refractivity contribution in [1.29, 1.82) is 0 Å². The number of nitrogens with zero attached hydrogens (tertiary/aromatic N) is 5. The van der Waals surface area contributed by atoms with Gasteiger partial charge >= 0.3 is 0 Å². The van der Waals surface area contributed by atoms with Crippen LogP contribution in [0.5, 0.6) is 0 Å². The second-order valence-electron chi connectivity index (χ2n) is 4.70. The fourth-order valence-electron chi connectivity index (χ4n) is 2.28. The normalized spacial score (nSPS) is 19.4. The van der Waals surface area contributed by atoms with E-state index in [9.17, 15) is 4.79 Å². The Morgan fingerprint density at radius 2 is 2.37 bits per heavy atom. The largest absolute Gasteiger partial charge is 0.358 e. The van der Waals surface area contributed by atoms with Crippen LogP contribution in [0.3, 0.4) is 0 Å². The molecule has 1 aliphatic heterocycles. The van der Waals surface area contributed by atoms with Crippen molar-refractivity contribution in [2.45, 2.75) is 25.8 Å². The topological polar surface area (TPSA) is 75.4 Å². The van der Waals surface area contributed by atoms with Crippen LogP contribution in [0.4, 0.5) is 5.82 Å². The predicted octanol–water partition coefficient (Wildman–Crippen LogP) is 0.329. The maximum Gasteiger partial charge on any atom is 0.254 e. The molecule has 1 fully saturated rings. The van der Waals surface area contributed by atoms with Crippen LogP contribution in [-0.4, -0.2) is 50.0 Å². The summed E-state index contributed by atoms with van der Waals surface area (Å²) in [7, 11) is 1.82. The Morgan fingerprint density at radius 1 is 1.53 bits per heavy atom. The summed E-state index contributed by atoms with van der Waals surface area (Å²) < 4.78 is 1.63. The number of anilines is 1. The van der Waals surface area contributed by atoms with E-state index in [-0.39, 0.29) is 11.9 Å². The summed E-state index contributed by atoms with van der Waals surface area (Å²) in [4.78, 5) is 22.2. The van der Waals surface area contributed by atoms with Crippen molar-refractivity contribution in [2.24, 2.45) is 0 Å². The van der Waals surface area contributed by atoms with E-state index in [4.69, 9.17) is 0 Å². The van der Waals surface area contributed by atoms with Crippen LogP contribution in [0.1, 0.15) is 19.0 Å². The van der Waals surface area contributed by atoms with Gasteiger partial charge in [0.15, 0.2) is 0 Å². The third-order valence-electron chi connectivity index (χ3n) is 3.42. The first-order chi connectivity index (χ1) is 9.19. The van der Waals surface area contributed by atoms with Crippen molar-refractivity contribution in [3.05, 3.63) is 18.1 Å². The summed E-state index contributed by atoms with van der Waals surface area (Å²) >= 11 is 0. The Kier molecular flexibility index (Phi) is 2.81. The molecule has 1 N–H and O–H groups in total. The number of carbonyl (C=O) groups excluding carboxylic acids is 1. The van der Waals surface area contributed by atoms with E-state index in [0.29, 0.717) is 5.78 Å². The van der Waals surface area contributed by atoms with Gasteiger partial charge in [-0.05, 0) is 12.8 Å². The highest BCUT2D eigenvalue weighted by molar-refractivity contribution is 5.86. The van der Waals surface area contributed by atoms with E-state index in [2.05, 4.69) is 20.4 Å². The number of amides is 1. The Morgan fingerprint density at radius 3 is 3.05 bits per heavy atom. The van der Waals surface area contributed by atoms with Crippen LogP contribution in [0.15, 0.2) is 12.4 Å². The molecule has 1 unspecified atom stereocenters. The summed E-state index contributed by atoms with van der Waals surface area (Å²) in [6.07, 6.45) is 3.08. The maximum atomic E-state index is 11.9. The van der Waals surface area contributed by atoms with Crippen LogP contribution in [0.25, 0.3) is 5.78 Å². The molecule has 7 nitrogen and oxygen atoms in total. The van der Waals surface area contributed by atoms with Crippen LogP contribution in [0.2, 0.25) is 0 Å². The van der Waals surface area contributed by atoms with Gasteiger partial charge in [0.1, 0.15) is 18.2 Å². The first kappa shape index (κ1) is 11.9. The van der Waals surface area contributed by atoms with Crippen LogP contribution < -0.4 is 5.32 Å². The highest BCUT2D eigenvalue weighted by Crippen LogP contribution is 2.17. The minimum Gasteiger partial charge on any atom is -0.358 e. The first-order valence-corrected chi connectivity index (χ1v) is 6.40. The number of nitrogens with one attached hydrogen (secondary N) is 1. The fraction of sp³-hybridized carbons (Fsp3) is 0.500. The second kappa shape index (κ2) is 4.49. The molecule has 3 rings (SSSR count).